The highest BCUT2D eigenvalue weighted by atomic mass is 32.2. The van der Waals surface area contributed by atoms with Crippen molar-refractivity contribution in [2.24, 2.45) is 0 Å². The Hall–Kier alpha value is -2.64. The van der Waals surface area contributed by atoms with Crippen LogP contribution in [-0.2, 0) is 16.1 Å². The Labute approximate surface area is 199 Å². The summed E-state index contributed by atoms with van der Waals surface area (Å²) in [6, 6.07) is 14.7. The molecule has 1 fully saturated rings. The topological polar surface area (TPSA) is 64.6 Å². The fourth-order valence-corrected chi connectivity index (χ4v) is 4.43. The first-order valence-corrected chi connectivity index (χ1v) is 12.5. The van der Waals surface area contributed by atoms with E-state index in [9.17, 15) is 4.79 Å². The number of amides is 1. The molecule has 4 rings (SSSR count). The van der Waals surface area contributed by atoms with Crippen LogP contribution in [0.25, 0.3) is 10.8 Å². The number of ether oxygens (including phenoxy) is 2. The smallest absolute Gasteiger partial charge is 0.410 e. The number of piperidine rings is 1. The molecule has 2 heterocycles. The van der Waals surface area contributed by atoms with Crippen LogP contribution in [-0.4, -0.2) is 52.0 Å². The van der Waals surface area contributed by atoms with Crippen LogP contribution in [0.1, 0.15) is 44.2 Å². The van der Waals surface area contributed by atoms with Gasteiger partial charge in [0.1, 0.15) is 5.60 Å². The van der Waals surface area contributed by atoms with Gasteiger partial charge < -0.3 is 14.4 Å². The average molecular weight is 466 g/mol. The van der Waals surface area contributed by atoms with Crippen molar-refractivity contribution in [3.63, 3.8) is 0 Å². The van der Waals surface area contributed by atoms with Crippen molar-refractivity contribution in [1.29, 1.82) is 0 Å². The summed E-state index contributed by atoms with van der Waals surface area (Å²) in [5.41, 5.74) is 1.62. The van der Waals surface area contributed by atoms with E-state index in [4.69, 9.17) is 9.47 Å². The van der Waals surface area contributed by atoms with E-state index >= 15 is 0 Å². The first-order valence-electron chi connectivity index (χ1n) is 11.3. The SMILES string of the molecule is CSc1ncc(C2CCN(C(=O)OC(C)(C)C)CC2OCc2ccc3ccccc3c2)cn1. The Bertz CT molecular complexity index is 1100. The summed E-state index contributed by atoms with van der Waals surface area (Å²) >= 11 is 1.52. The zero-order valence-corrected chi connectivity index (χ0v) is 20.5. The number of rotatable bonds is 5. The summed E-state index contributed by atoms with van der Waals surface area (Å²) in [6.07, 6.45) is 6.03. The molecule has 0 N–H and O–H groups in total. The minimum absolute atomic E-state index is 0.111. The van der Waals surface area contributed by atoms with Crippen LogP contribution in [0.15, 0.2) is 60.0 Å². The van der Waals surface area contributed by atoms with E-state index in [1.807, 2.05) is 51.6 Å². The van der Waals surface area contributed by atoms with Gasteiger partial charge in [0.05, 0.1) is 19.3 Å². The summed E-state index contributed by atoms with van der Waals surface area (Å²) in [6.45, 7) is 7.21. The number of likely N-dealkylation sites (tertiary alicyclic amines) is 1. The molecule has 1 aromatic heterocycles. The number of aromatic nitrogens is 2. The molecule has 0 saturated carbocycles. The second kappa shape index (κ2) is 10.1. The molecule has 174 valence electrons. The standard InChI is InChI=1S/C26H31N3O3S/c1-26(2,3)32-25(30)29-12-11-22(21-14-27-24(33-4)28-15-21)23(16-29)31-17-18-9-10-19-7-5-6-8-20(19)13-18/h5-10,13-15,22-23H,11-12,16-17H2,1-4H3. The number of hydrogen-bond acceptors (Lipinski definition) is 6. The minimum Gasteiger partial charge on any atom is -0.444 e. The minimum atomic E-state index is -0.531. The van der Waals surface area contributed by atoms with Gasteiger partial charge in [0, 0.05) is 24.9 Å². The Morgan fingerprint density at radius 3 is 2.55 bits per heavy atom. The van der Waals surface area contributed by atoms with E-state index in [-0.39, 0.29) is 18.1 Å². The average Bonchev–Trinajstić information content (AvgIpc) is 2.81. The van der Waals surface area contributed by atoms with E-state index in [1.54, 1.807) is 4.90 Å². The molecule has 3 aromatic rings. The molecule has 1 aliphatic heterocycles. The lowest BCUT2D eigenvalue weighted by Crippen LogP contribution is -2.48. The van der Waals surface area contributed by atoms with Gasteiger partial charge >= 0.3 is 6.09 Å². The molecule has 33 heavy (non-hydrogen) atoms. The van der Waals surface area contributed by atoms with E-state index in [0.29, 0.717) is 19.7 Å². The predicted molar refractivity (Wildman–Crippen MR) is 132 cm³/mol. The summed E-state index contributed by atoms with van der Waals surface area (Å²) < 4.78 is 12.1. The van der Waals surface area contributed by atoms with Crippen molar-refractivity contribution in [2.75, 3.05) is 19.3 Å². The number of fused-ring (bicyclic) bond motifs is 1. The summed E-state index contributed by atoms with van der Waals surface area (Å²) in [5.74, 6) is 0.111. The zero-order valence-electron chi connectivity index (χ0n) is 19.7. The predicted octanol–water partition coefficient (Wildman–Crippen LogP) is 5.66. The maximum absolute atomic E-state index is 12.7. The third-order valence-electron chi connectivity index (χ3n) is 5.75. The molecular formula is C26H31N3O3S. The maximum Gasteiger partial charge on any atom is 0.410 e. The Kier molecular flexibility index (Phi) is 7.20. The van der Waals surface area contributed by atoms with Crippen LogP contribution in [0.2, 0.25) is 0 Å². The summed E-state index contributed by atoms with van der Waals surface area (Å²) in [5, 5.41) is 3.15. The fourth-order valence-electron chi connectivity index (χ4n) is 4.11. The van der Waals surface area contributed by atoms with Gasteiger partial charge in [-0.25, -0.2) is 14.8 Å². The summed E-state index contributed by atoms with van der Waals surface area (Å²) in [7, 11) is 0. The molecule has 2 atom stereocenters. The third-order valence-corrected chi connectivity index (χ3v) is 6.32. The van der Waals surface area contributed by atoms with Gasteiger partial charge in [0.25, 0.3) is 0 Å². The maximum atomic E-state index is 12.7. The Balaban J connectivity index is 1.52. The molecule has 0 bridgehead atoms. The van der Waals surface area contributed by atoms with E-state index in [0.717, 1.165) is 22.7 Å². The molecule has 0 radical (unpaired) electrons. The molecule has 1 saturated heterocycles. The highest BCUT2D eigenvalue weighted by Gasteiger charge is 2.35. The van der Waals surface area contributed by atoms with Crippen LogP contribution in [0.5, 0.6) is 0 Å². The van der Waals surface area contributed by atoms with Crippen LogP contribution >= 0.6 is 11.8 Å². The van der Waals surface area contributed by atoms with Gasteiger partial charge in [-0.3, -0.25) is 0 Å². The quantitative estimate of drug-likeness (QED) is 0.358. The van der Waals surface area contributed by atoms with E-state index in [2.05, 4.69) is 40.3 Å². The van der Waals surface area contributed by atoms with Crippen LogP contribution in [0.3, 0.4) is 0 Å². The highest BCUT2D eigenvalue weighted by Crippen LogP contribution is 2.32. The van der Waals surface area contributed by atoms with Crippen molar-refractivity contribution in [2.45, 2.75) is 56.6 Å². The van der Waals surface area contributed by atoms with Crippen LogP contribution < -0.4 is 0 Å². The number of carbonyl (C=O) groups excluding carboxylic acids is 1. The fraction of sp³-hybridized carbons (Fsp3) is 0.423. The molecular weight excluding hydrogens is 434 g/mol. The molecule has 7 heteroatoms. The first-order chi connectivity index (χ1) is 15.8. The summed E-state index contributed by atoms with van der Waals surface area (Å²) in [4.78, 5) is 23.4. The Morgan fingerprint density at radius 1 is 1.12 bits per heavy atom. The number of carbonyl (C=O) groups is 1. The molecule has 6 nitrogen and oxygen atoms in total. The Morgan fingerprint density at radius 2 is 1.85 bits per heavy atom. The molecule has 2 aromatic carbocycles. The molecule has 1 aliphatic rings. The van der Waals surface area contributed by atoms with Gasteiger partial charge in [-0.05, 0) is 61.4 Å². The largest absolute Gasteiger partial charge is 0.444 e. The number of hydrogen-bond donors (Lipinski definition) is 0. The van der Waals surface area contributed by atoms with Crippen molar-refractivity contribution < 1.29 is 14.3 Å². The van der Waals surface area contributed by atoms with E-state index in [1.165, 1.54) is 22.5 Å². The monoisotopic (exact) mass is 465 g/mol. The lowest BCUT2D eigenvalue weighted by Gasteiger charge is -2.39. The van der Waals surface area contributed by atoms with Crippen molar-refractivity contribution in [3.05, 3.63) is 66.0 Å². The second-order valence-electron chi connectivity index (χ2n) is 9.36. The van der Waals surface area contributed by atoms with Gasteiger partial charge in [0.15, 0.2) is 5.16 Å². The first kappa shape index (κ1) is 23.5. The molecule has 0 aliphatic carbocycles. The van der Waals surface area contributed by atoms with Gasteiger partial charge in [0.2, 0.25) is 0 Å². The highest BCUT2D eigenvalue weighted by molar-refractivity contribution is 7.98. The van der Waals surface area contributed by atoms with Gasteiger partial charge in [-0.2, -0.15) is 0 Å². The lowest BCUT2D eigenvalue weighted by atomic mass is 9.88. The third kappa shape index (κ3) is 6.03. The lowest BCUT2D eigenvalue weighted by molar-refractivity contribution is -0.0360. The zero-order chi connectivity index (χ0) is 23.4. The van der Waals surface area contributed by atoms with E-state index < -0.39 is 5.60 Å². The van der Waals surface area contributed by atoms with Crippen LogP contribution in [0.4, 0.5) is 4.79 Å². The van der Waals surface area contributed by atoms with Crippen LogP contribution in [0, 0.1) is 0 Å². The van der Waals surface area contributed by atoms with Crippen molar-refractivity contribution in [1.82, 2.24) is 14.9 Å². The molecule has 0 spiro atoms. The van der Waals surface area contributed by atoms with Crippen molar-refractivity contribution in [3.8, 4) is 0 Å². The van der Waals surface area contributed by atoms with Crippen molar-refractivity contribution >= 4 is 28.6 Å². The molecule has 1 amide bonds. The number of benzene rings is 2. The molecule has 2 unspecified atom stereocenters. The number of nitrogens with zero attached hydrogens (tertiary/aromatic N) is 3. The number of thioether (sulfide) groups is 1. The normalized spacial score (nSPS) is 19.0. The second-order valence-corrected chi connectivity index (χ2v) is 10.1. The van der Waals surface area contributed by atoms with Gasteiger partial charge in [-0.1, -0.05) is 48.2 Å². The van der Waals surface area contributed by atoms with Gasteiger partial charge in [-0.15, -0.1) is 0 Å².